The number of carbonyl (C=O) groups is 3. The SMILES string of the molecule is CC(C)(C)OC(=O)N[C@H]1CN(C(=O)NS(N)(=O)=O)C1=O.[NH4+]. The van der Waals surface area contributed by atoms with Gasteiger partial charge in [-0.3, -0.25) is 9.69 Å². The van der Waals surface area contributed by atoms with Gasteiger partial charge in [-0.05, 0) is 20.8 Å². The topological polar surface area (TPSA) is 184 Å². The number of β-lactam (4-membered cyclic amide) rings is 1. The van der Waals surface area contributed by atoms with Crippen LogP contribution in [0.4, 0.5) is 9.59 Å². The molecule has 0 unspecified atom stereocenters. The summed E-state index contributed by atoms with van der Waals surface area (Å²) >= 11 is 0. The summed E-state index contributed by atoms with van der Waals surface area (Å²) in [5, 5.41) is 6.85. The fourth-order valence-corrected chi connectivity index (χ4v) is 1.70. The minimum Gasteiger partial charge on any atom is -0.444 e. The molecule has 0 radical (unpaired) electrons. The maximum absolute atomic E-state index is 11.5. The molecule has 0 saturated carbocycles. The normalized spacial score (nSPS) is 18.2. The summed E-state index contributed by atoms with van der Waals surface area (Å²) in [5.41, 5.74) is -0.721. The van der Waals surface area contributed by atoms with E-state index in [0.29, 0.717) is 4.90 Å². The van der Waals surface area contributed by atoms with E-state index >= 15 is 0 Å². The second kappa shape index (κ2) is 6.24. The first kappa shape index (κ1) is 19.1. The van der Waals surface area contributed by atoms with Crippen molar-refractivity contribution in [3.8, 4) is 0 Å². The molecule has 0 spiro atoms. The summed E-state index contributed by atoms with van der Waals surface area (Å²) in [6.45, 7) is 4.79. The summed E-state index contributed by atoms with van der Waals surface area (Å²) in [6.07, 6.45) is -0.803. The lowest BCUT2D eigenvalue weighted by atomic mass is 10.1. The van der Waals surface area contributed by atoms with Crippen molar-refractivity contribution >= 4 is 28.2 Å². The number of quaternary nitrogens is 1. The van der Waals surface area contributed by atoms with E-state index in [1.54, 1.807) is 20.8 Å². The van der Waals surface area contributed by atoms with Gasteiger partial charge in [0.2, 0.25) is 0 Å². The first-order valence-corrected chi connectivity index (χ1v) is 7.09. The number of alkyl carbamates (subject to hydrolysis) is 1. The molecule has 8 N–H and O–H groups in total. The van der Waals surface area contributed by atoms with E-state index in [0.717, 1.165) is 0 Å². The predicted molar refractivity (Wildman–Crippen MR) is 72.5 cm³/mol. The Labute approximate surface area is 121 Å². The zero-order valence-electron chi connectivity index (χ0n) is 12.2. The molecular formula is C9H20N5O6S+. The molecule has 0 aliphatic carbocycles. The predicted octanol–water partition coefficient (Wildman–Crippen LogP) is -0.989. The molecule has 11 nitrogen and oxygen atoms in total. The second-order valence-electron chi connectivity index (χ2n) is 5.10. The molecule has 1 saturated heterocycles. The number of likely N-dealkylation sites (tertiary alicyclic amines) is 1. The van der Waals surface area contributed by atoms with Crippen molar-refractivity contribution in [2.75, 3.05) is 6.54 Å². The standard InChI is InChI=1S/C9H16N4O6S.H3N/c1-9(2,3)19-8(16)11-5-4-13(6(5)14)7(15)12-20(10,17)18;/h5H,4H2,1-3H3,(H,11,16)(H,12,15)(H2,10,17,18);1H3/p+1/t5-;/m0./s1. The molecule has 1 heterocycles. The average Bonchev–Trinajstić information content (AvgIpc) is 2.17. The van der Waals surface area contributed by atoms with Gasteiger partial charge in [-0.15, -0.1) is 0 Å². The van der Waals surface area contributed by atoms with Crippen LogP contribution >= 0.6 is 0 Å². The molecule has 1 aliphatic rings. The van der Waals surface area contributed by atoms with Gasteiger partial charge in [0.15, 0.2) is 0 Å². The van der Waals surface area contributed by atoms with Crippen LogP contribution in [-0.4, -0.2) is 49.5 Å². The lowest BCUT2D eigenvalue weighted by molar-refractivity contribution is -0.139. The van der Waals surface area contributed by atoms with Gasteiger partial charge in [-0.2, -0.15) is 8.42 Å². The van der Waals surface area contributed by atoms with Crippen molar-refractivity contribution in [2.45, 2.75) is 32.4 Å². The lowest BCUT2D eigenvalue weighted by Crippen LogP contribution is -2.67. The highest BCUT2D eigenvalue weighted by Gasteiger charge is 2.43. The van der Waals surface area contributed by atoms with Crippen molar-refractivity contribution in [1.29, 1.82) is 0 Å². The zero-order valence-corrected chi connectivity index (χ0v) is 13.0. The molecule has 1 fully saturated rings. The monoisotopic (exact) mass is 326 g/mol. The average molecular weight is 326 g/mol. The smallest absolute Gasteiger partial charge is 0.408 e. The third-order valence-corrected chi connectivity index (χ3v) is 2.55. The molecular weight excluding hydrogens is 306 g/mol. The second-order valence-corrected chi connectivity index (χ2v) is 6.39. The Kier molecular flexibility index (Phi) is 5.67. The Balaban J connectivity index is 0.00000400. The fraction of sp³-hybridized carbons (Fsp3) is 0.667. The number of nitrogens with one attached hydrogen (secondary N) is 2. The summed E-state index contributed by atoms with van der Waals surface area (Å²) in [7, 11) is -4.24. The summed E-state index contributed by atoms with van der Waals surface area (Å²) in [6, 6.07) is -2.10. The largest absolute Gasteiger partial charge is 0.444 e. The quantitative estimate of drug-likeness (QED) is 0.472. The molecule has 4 amide bonds. The van der Waals surface area contributed by atoms with Crippen LogP contribution in [0.25, 0.3) is 0 Å². The van der Waals surface area contributed by atoms with Crippen molar-refractivity contribution in [3.63, 3.8) is 0 Å². The van der Waals surface area contributed by atoms with E-state index in [2.05, 4.69) is 10.5 Å². The van der Waals surface area contributed by atoms with Crippen LogP contribution in [0.15, 0.2) is 0 Å². The maximum atomic E-state index is 11.5. The molecule has 1 atom stereocenters. The van der Waals surface area contributed by atoms with Crippen molar-refractivity contribution in [3.05, 3.63) is 0 Å². The number of amides is 4. The maximum Gasteiger partial charge on any atom is 0.408 e. The molecule has 0 aromatic rings. The first-order chi connectivity index (χ1) is 8.89. The summed E-state index contributed by atoms with van der Waals surface area (Å²) in [4.78, 5) is 34.8. The minimum absolute atomic E-state index is 0. The van der Waals surface area contributed by atoms with Gasteiger partial charge in [0.1, 0.15) is 11.6 Å². The van der Waals surface area contributed by atoms with Crippen LogP contribution in [0.5, 0.6) is 0 Å². The molecule has 12 heteroatoms. The molecule has 0 aromatic heterocycles. The van der Waals surface area contributed by atoms with Crippen LogP contribution in [0.2, 0.25) is 0 Å². The minimum atomic E-state index is -4.24. The van der Waals surface area contributed by atoms with E-state index in [-0.39, 0.29) is 12.7 Å². The highest BCUT2D eigenvalue weighted by Crippen LogP contribution is 2.12. The van der Waals surface area contributed by atoms with Crippen LogP contribution in [0, 0.1) is 0 Å². The molecule has 0 bridgehead atoms. The summed E-state index contributed by atoms with van der Waals surface area (Å²) in [5.74, 6) is -0.753. The van der Waals surface area contributed by atoms with Crippen molar-refractivity contribution in [2.24, 2.45) is 5.14 Å². The number of imide groups is 1. The zero-order chi connectivity index (χ0) is 15.7. The Morgan fingerprint density at radius 2 is 1.90 bits per heavy atom. The Hall–Kier alpha value is -1.92. The number of nitrogens with two attached hydrogens (primary N) is 1. The Morgan fingerprint density at radius 1 is 1.38 bits per heavy atom. The van der Waals surface area contributed by atoms with Crippen molar-refractivity contribution < 1.29 is 27.5 Å². The van der Waals surface area contributed by atoms with E-state index < -0.39 is 39.9 Å². The van der Waals surface area contributed by atoms with Crippen LogP contribution in [0.3, 0.4) is 0 Å². The van der Waals surface area contributed by atoms with Crippen LogP contribution < -0.4 is 21.3 Å². The molecule has 122 valence electrons. The Bertz CT molecular complexity index is 539. The molecule has 1 rings (SSSR count). The molecule has 1 aliphatic heterocycles. The third kappa shape index (κ3) is 5.93. The van der Waals surface area contributed by atoms with Gasteiger partial charge in [0.05, 0.1) is 6.54 Å². The third-order valence-electron chi connectivity index (χ3n) is 2.09. The van der Waals surface area contributed by atoms with Gasteiger partial charge in [-0.1, -0.05) is 0 Å². The lowest BCUT2D eigenvalue weighted by Gasteiger charge is -2.36. The van der Waals surface area contributed by atoms with Gasteiger partial charge < -0.3 is 16.2 Å². The number of carbonyl (C=O) groups excluding carboxylic acids is 3. The number of urea groups is 1. The van der Waals surface area contributed by atoms with Crippen LogP contribution in [-0.2, 0) is 19.7 Å². The first-order valence-electron chi connectivity index (χ1n) is 5.54. The molecule has 0 aromatic carbocycles. The number of hydrogen-bond donors (Lipinski definition) is 4. The Morgan fingerprint density at radius 3 is 2.29 bits per heavy atom. The van der Waals surface area contributed by atoms with E-state index in [9.17, 15) is 22.8 Å². The summed E-state index contributed by atoms with van der Waals surface area (Å²) < 4.78 is 27.6. The highest BCUT2D eigenvalue weighted by molar-refractivity contribution is 7.87. The van der Waals surface area contributed by atoms with Crippen LogP contribution in [0.1, 0.15) is 20.8 Å². The van der Waals surface area contributed by atoms with E-state index in [4.69, 9.17) is 4.74 Å². The van der Waals surface area contributed by atoms with Gasteiger partial charge in [-0.25, -0.2) is 19.5 Å². The van der Waals surface area contributed by atoms with Gasteiger partial charge in [0, 0.05) is 0 Å². The van der Waals surface area contributed by atoms with E-state index in [1.165, 1.54) is 4.72 Å². The van der Waals surface area contributed by atoms with Gasteiger partial charge >= 0.3 is 12.1 Å². The van der Waals surface area contributed by atoms with Crippen molar-refractivity contribution in [1.82, 2.24) is 21.1 Å². The number of hydrogen-bond acceptors (Lipinski definition) is 6. The number of nitrogens with zero attached hydrogens (tertiary/aromatic N) is 1. The van der Waals surface area contributed by atoms with Gasteiger partial charge in [0.25, 0.3) is 16.1 Å². The number of ether oxygens (including phenoxy) is 1. The number of rotatable bonds is 2. The highest BCUT2D eigenvalue weighted by atomic mass is 32.2. The van der Waals surface area contributed by atoms with E-state index in [1.807, 2.05) is 0 Å². The fourth-order valence-electron chi connectivity index (χ4n) is 1.34. The molecule has 21 heavy (non-hydrogen) atoms.